The molecule has 2 heteroatoms. The van der Waals surface area contributed by atoms with Gasteiger partial charge in [0.25, 0.3) is 0 Å². The van der Waals surface area contributed by atoms with E-state index in [0.717, 1.165) is 37.7 Å². The van der Waals surface area contributed by atoms with E-state index in [1.165, 1.54) is 16.7 Å². The number of carboxylic acids is 1. The van der Waals surface area contributed by atoms with Gasteiger partial charge in [-0.05, 0) is 75.2 Å². The van der Waals surface area contributed by atoms with Crippen LogP contribution in [0, 0.1) is 34.5 Å². The van der Waals surface area contributed by atoms with E-state index in [9.17, 15) is 9.90 Å². The summed E-state index contributed by atoms with van der Waals surface area (Å²) in [7, 11) is 0. The Balaban J connectivity index is 2.07. The fourth-order valence-corrected chi connectivity index (χ4v) is 6.63. The van der Waals surface area contributed by atoms with E-state index in [4.69, 9.17) is 0 Å². The van der Waals surface area contributed by atoms with Crippen molar-refractivity contribution in [3.63, 3.8) is 0 Å². The maximum Gasteiger partial charge on any atom is 0.309 e. The van der Waals surface area contributed by atoms with Gasteiger partial charge in [-0.15, -0.1) is 0 Å². The van der Waals surface area contributed by atoms with Crippen LogP contribution in [0.25, 0.3) is 0 Å². The molecule has 0 aromatic heterocycles. The van der Waals surface area contributed by atoms with Crippen LogP contribution in [0.15, 0.2) is 47.1 Å². The SMILES string of the molecule is C=C(C)C=C(C)C1CC2C(=CCC3C(C)(C(=O)O)CCCC23C)C=C1C(C)C. The number of carbonyl (C=O) groups is 1. The Morgan fingerprint density at radius 3 is 2.54 bits per heavy atom. The van der Waals surface area contributed by atoms with Crippen LogP contribution in [0.5, 0.6) is 0 Å². The minimum absolute atomic E-state index is 0.0657. The van der Waals surface area contributed by atoms with E-state index in [2.05, 4.69) is 59.4 Å². The zero-order valence-corrected chi connectivity index (χ0v) is 18.6. The highest BCUT2D eigenvalue weighted by Crippen LogP contribution is 2.63. The van der Waals surface area contributed by atoms with Crippen LogP contribution in [0.4, 0.5) is 0 Å². The molecule has 2 nitrogen and oxygen atoms in total. The molecule has 28 heavy (non-hydrogen) atoms. The second kappa shape index (κ2) is 7.35. The molecule has 3 aliphatic carbocycles. The van der Waals surface area contributed by atoms with Gasteiger partial charge in [0.2, 0.25) is 0 Å². The molecule has 0 radical (unpaired) electrons. The van der Waals surface area contributed by atoms with Crippen molar-refractivity contribution in [2.75, 3.05) is 0 Å². The molecule has 3 rings (SSSR count). The van der Waals surface area contributed by atoms with Crippen LogP contribution in [-0.4, -0.2) is 11.1 Å². The number of aliphatic carboxylic acids is 1. The lowest BCUT2D eigenvalue weighted by atomic mass is 9.46. The lowest BCUT2D eigenvalue weighted by Crippen LogP contribution is -2.53. The molecule has 0 aromatic carbocycles. The first-order valence-electron chi connectivity index (χ1n) is 11.0. The average Bonchev–Trinajstić information content (AvgIpc) is 2.59. The van der Waals surface area contributed by atoms with Gasteiger partial charge in [-0.25, -0.2) is 0 Å². The van der Waals surface area contributed by atoms with Crippen molar-refractivity contribution in [2.24, 2.45) is 34.5 Å². The number of fused-ring (bicyclic) bond motifs is 3. The highest BCUT2D eigenvalue weighted by atomic mass is 16.4. The zero-order chi connectivity index (χ0) is 20.9. The van der Waals surface area contributed by atoms with Gasteiger partial charge in [-0.2, -0.15) is 0 Å². The lowest BCUT2D eigenvalue weighted by molar-refractivity contribution is -0.162. The Bertz CT molecular complexity index is 765. The Morgan fingerprint density at radius 2 is 1.96 bits per heavy atom. The summed E-state index contributed by atoms with van der Waals surface area (Å²) >= 11 is 0. The third kappa shape index (κ3) is 3.33. The monoisotopic (exact) mass is 382 g/mol. The molecular weight excluding hydrogens is 344 g/mol. The molecule has 0 bridgehead atoms. The molecule has 1 saturated carbocycles. The molecule has 0 spiro atoms. The van der Waals surface area contributed by atoms with Crippen LogP contribution in [0.1, 0.15) is 73.6 Å². The van der Waals surface area contributed by atoms with Gasteiger partial charge in [-0.3, -0.25) is 4.79 Å². The van der Waals surface area contributed by atoms with Gasteiger partial charge >= 0.3 is 5.97 Å². The van der Waals surface area contributed by atoms with E-state index < -0.39 is 11.4 Å². The average molecular weight is 383 g/mol. The topological polar surface area (TPSA) is 37.3 Å². The number of hydrogen-bond acceptors (Lipinski definition) is 1. The van der Waals surface area contributed by atoms with Crippen LogP contribution in [0.2, 0.25) is 0 Å². The van der Waals surface area contributed by atoms with Gasteiger partial charge in [0, 0.05) is 5.92 Å². The van der Waals surface area contributed by atoms with E-state index in [-0.39, 0.29) is 11.3 Å². The van der Waals surface area contributed by atoms with Crippen molar-refractivity contribution in [3.8, 4) is 0 Å². The molecular formula is C26H38O2. The Morgan fingerprint density at radius 1 is 1.29 bits per heavy atom. The van der Waals surface area contributed by atoms with Crippen LogP contribution in [-0.2, 0) is 4.79 Å². The Labute approximate surface area is 171 Å². The number of carboxylic acid groups (broad SMARTS) is 1. The molecule has 0 heterocycles. The third-order valence-corrected chi connectivity index (χ3v) is 8.15. The first-order chi connectivity index (χ1) is 13.0. The summed E-state index contributed by atoms with van der Waals surface area (Å²) in [6, 6.07) is 0. The molecule has 3 aliphatic rings. The van der Waals surface area contributed by atoms with E-state index in [1.54, 1.807) is 0 Å². The fourth-order valence-electron chi connectivity index (χ4n) is 6.63. The van der Waals surface area contributed by atoms with E-state index in [1.807, 2.05) is 6.92 Å². The van der Waals surface area contributed by atoms with Gasteiger partial charge in [0.05, 0.1) is 5.41 Å². The molecule has 0 aromatic rings. The maximum absolute atomic E-state index is 12.2. The van der Waals surface area contributed by atoms with Crippen LogP contribution < -0.4 is 0 Å². The summed E-state index contributed by atoms with van der Waals surface area (Å²) in [4.78, 5) is 12.2. The lowest BCUT2D eigenvalue weighted by Gasteiger charge is -2.57. The van der Waals surface area contributed by atoms with Gasteiger partial charge in [0.1, 0.15) is 0 Å². The zero-order valence-electron chi connectivity index (χ0n) is 18.6. The molecule has 1 fully saturated rings. The first-order valence-corrected chi connectivity index (χ1v) is 11.0. The second-order valence-electron chi connectivity index (χ2n) is 10.4. The quantitative estimate of drug-likeness (QED) is 0.534. The van der Waals surface area contributed by atoms with Crippen molar-refractivity contribution >= 4 is 5.97 Å². The smallest absolute Gasteiger partial charge is 0.309 e. The second-order valence-corrected chi connectivity index (χ2v) is 10.4. The summed E-state index contributed by atoms with van der Waals surface area (Å²) in [5.41, 5.74) is 4.96. The maximum atomic E-state index is 12.2. The molecule has 154 valence electrons. The van der Waals surface area contributed by atoms with Gasteiger partial charge in [-0.1, -0.05) is 68.7 Å². The molecule has 5 unspecified atom stereocenters. The molecule has 0 aliphatic heterocycles. The van der Waals surface area contributed by atoms with E-state index in [0.29, 0.717) is 17.8 Å². The minimum atomic E-state index is -0.607. The molecule has 1 N–H and O–H groups in total. The molecule has 5 atom stereocenters. The minimum Gasteiger partial charge on any atom is -0.481 e. The van der Waals surface area contributed by atoms with Crippen molar-refractivity contribution in [1.29, 1.82) is 0 Å². The summed E-state index contributed by atoms with van der Waals surface area (Å²) in [6.45, 7) is 17.4. The fraction of sp³-hybridized carbons (Fsp3) is 0.654. The largest absolute Gasteiger partial charge is 0.481 e. The number of hydrogen-bond donors (Lipinski definition) is 1. The number of rotatable bonds is 4. The summed E-state index contributed by atoms with van der Waals surface area (Å²) in [6.07, 6.45) is 12.1. The highest BCUT2D eigenvalue weighted by Gasteiger charge is 2.57. The summed E-state index contributed by atoms with van der Waals surface area (Å²) in [5, 5.41) is 10.0. The molecule has 0 amide bonds. The van der Waals surface area contributed by atoms with E-state index >= 15 is 0 Å². The predicted molar refractivity (Wildman–Crippen MR) is 117 cm³/mol. The number of allylic oxidation sites excluding steroid dienone is 7. The predicted octanol–water partition coefficient (Wildman–Crippen LogP) is 6.95. The highest BCUT2D eigenvalue weighted by molar-refractivity contribution is 5.75. The van der Waals surface area contributed by atoms with Crippen molar-refractivity contribution in [1.82, 2.24) is 0 Å². The first kappa shape index (κ1) is 21.1. The van der Waals surface area contributed by atoms with Crippen molar-refractivity contribution in [2.45, 2.75) is 73.6 Å². The standard InChI is InChI=1S/C26H38O2/c1-16(2)13-18(5)21-15-22-19(14-20(21)17(3)4)9-10-23-25(22,6)11-8-12-26(23,7)24(27)28/h9,13-14,17,21-23H,1,8,10-12,15H2,2-7H3,(H,27,28). The molecule has 0 saturated heterocycles. The van der Waals surface area contributed by atoms with Gasteiger partial charge < -0.3 is 5.11 Å². The van der Waals surface area contributed by atoms with Crippen molar-refractivity contribution < 1.29 is 9.90 Å². The van der Waals surface area contributed by atoms with Gasteiger partial charge in [0.15, 0.2) is 0 Å². The van der Waals surface area contributed by atoms with Crippen molar-refractivity contribution in [3.05, 3.63) is 47.1 Å². The van der Waals surface area contributed by atoms with Crippen LogP contribution >= 0.6 is 0 Å². The third-order valence-electron chi connectivity index (χ3n) is 8.15. The van der Waals surface area contributed by atoms with Crippen LogP contribution in [0.3, 0.4) is 0 Å². The summed E-state index contributed by atoms with van der Waals surface area (Å²) in [5.74, 6) is 1.02. The Kier molecular flexibility index (Phi) is 5.55. The summed E-state index contributed by atoms with van der Waals surface area (Å²) < 4.78 is 0. The Hall–Kier alpha value is -1.57. The normalized spacial score (nSPS) is 38.2.